The third-order valence-electron chi connectivity index (χ3n) is 2.45. The monoisotopic (exact) mass is 231 g/mol. The Bertz CT molecular complexity index is 321. The fourth-order valence-corrected chi connectivity index (χ4v) is 2.87. The van der Waals surface area contributed by atoms with Crippen LogP contribution in [-0.4, -0.2) is 17.5 Å². The Balaban J connectivity index is 0.000000980. The largest absolute Gasteiger partial charge is 0.394 e. The zero-order valence-electron chi connectivity index (χ0n) is 7.77. The van der Waals surface area contributed by atoms with Crippen molar-refractivity contribution in [3.05, 3.63) is 35.4 Å². The van der Waals surface area contributed by atoms with Gasteiger partial charge in [0, 0.05) is 11.5 Å². The summed E-state index contributed by atoms with van der Waals surface area (Å²) in [7, 11) is 0. The van der Waals surface area contributed by atoms with E-state index in [1.54, 1.807) is 11.8 Å². The first-order chi connectivity index (χ1) is 6.26. The summed E-state index contributed by atoms with van der Waals surface area (Å²) in [6, 6.07) is 8.10. The van der Waals surface area contributed by atoms with Crippen LogP contribution < -0.4 is 5.73 Å². The van der Waals surface area contributed by atoms with Crippen molar-refractivity contribution in [1.29, 1.82) is 0 Å². The van der Waals surface area contributed by atoms with E-state index >= 15 is 0 Å². The molecule has 0 aliphatic carbocycles. The Labute approximate surface area is 94.3 Å². The minimum atomic E-state index is -0.528. The van der Waals surface area contributed by atoms with Gasteiger partial charge in [0.1, 0.15) is 0 Å². The minimum Gasteiger partial charge on any atom is -0.394 e. The van der Waals surface area contributed by atoms with Gasteiger partial charge in [0.15, 0.2) is 0 Å². The van der Waals surface area contributed by atoms with Crippen LogP contribution in [0.5, 0.6) is 0 Å². The summed E-state index contributed by atoms with van der Waals surface area (Å²) in [6.07, 6.45) is 0. The van der Waals surface area contributed by atoms with Gasteiger partial charge in [-0.2, -0.15) is 11.8 Å². The molecule has 0 fully saturated rings. The number of hydrogen-bond acceptors (Lipinski definition) is 3. The van der Waals surface area contributed by atoms with E-state index in [9.17, 15) is 5.11 Å². The Morgan fingerprint density at radius 2 is 2.14 bits per heavy atom. The van der Waals surface area contributed by atoms with E-state index in [-0.39, 0.29) is 19.0 Å². The second-order valence-corrected chi connectivity index (χ2v) is 4.45. The minimum absolute atomic E-state index is 0. The van der Waals surface area contributed by atoms with E-state index in [1.165, 1.54) is 5.56 Å². The summed E-state index contributed by atoms with van der Waals surface area (Å²) in [6.45, 7) is 0.0248. The maximum atomic E-state index is 9.26. The Morgan fingerprint density at radius 3 is 2.86 bits per heavy atom. The molecule has 1 unspecified atom stereocenters. The van der Waals surface area contributed by atoms with Crippen LogP contribution in [-0.2, 0) is 11.3 Å². The molecule has 1 aromatic rings. The molecule has 1 aromatic carbocycles. The highest BCUT2D eigenvalue weighted by Crippen LogP contribution is 2.33. The number of aliphatic hydroxyl groups excluding tert-OH is 1. The first kappa shape index (κ1) is 11.9. The molecule has 1 atom stereocenters. The van der Waals surface area contributed by atoms with E-state index in [1.807, 2.05) is 18.2 Å². The van der Waals surface area contributed by atoms with Crippen molar-refractivity contribution in [2.45, 2.75) is 11.3 Å². The first-order valence-corrected chi connectivity index (χ1v) is 5.47. The van der Waals surface area contributed by atoms with Crippen LogP contribution in [0.15, 0.2) is 24.3 Å². The van der Waals surface area contributed by atoms with Crippen LogP contribution >= 0.6 is 24.2 Å². The van der Waals surface area contributed by atoms with Gasteiger partial charge >= 0.3 is 0 Å². The SMILES string of the molecule is Cl.NC1(CO)CSCc2ccccc21. The molecule has 0 spiro atoms. The second-order valence-electron chi connectivity index (χ2n) is 3.46. The van der Waals surface area contributed by atoms with Crippen LogP contribution in [0.25, 0.3) is 0 Å². The van der Waals surface area contributed by atoms with Crippen molar-refractivity contribution in [1.82, 2.24) is 0 Å². The molecule has 78 valence electrons. The average Bonchev–Trinajstić information content (AvgIpc) is 2.19. The molecular formula is C10H14ClNOS. The summed E-state index contributed by atoms with van der Waals surface area (Å²) in [5, 5.41) is 9.26. The van der Waals surface area contributed by atoms with Gasteiger partial charge in [-0.15, -0.1) is 12.4 Å². The normalized spacial score (nSPS) is 25.0. The van der Waals surface area contributed by atoms with E-state index in [0.29, 0.717) is 0 Å². The molecule has 2 nitrogen and oxygen atoms in total. The highest BCUT2D eigenvalue weighted by Gasteiger charge is 2.31. The van der Waals surface area contributed by atoms with Crippen molar-refractivity contribution in [3.63, 3.8) is 0 Å². The molecule has 14 heavy (non-hydrogen) atoms. The van der Waals surface area contributed by atoms with E-state index in [4.69, 9.17) is 5.73 Å². The van der Waals surface area contributed by atoms with Gasteiger partial charge in [0.25, 0.3) is 0 Å². The summed E-state index contributed by atoms with van der Waals surface area (Å²) in [4.78, 5) is 0. The molecule has 0 saturated carbocycles. The lowest BCUT2D eigenvalue weighted by Gasteiger charge is -2.33. The number of aliphatic hydroxyl groups is 1. The maximum Gasteiger partial charge on any atom is 0.0738 e. The quantitative estimate of drug-likeness (QED) is 0.770. The lowest BCUT2D eigenvalue weighted by Crippen LogP contribution is -2.45. The second kappa shape index (κ2) is 4.53. The molecule has 3 N–H and O–H groups in total. The topological polar surface area (TPSA) is 46.2 Å². The van der Waals surface area contributed by atoms with Crippen molar-refractivity contribution in [2.24, 2.45) is 5.73 Å². The number of hydrogen-bond donors (Lipinski definition) is 2. The smallest absolute Gasteiger partial charge is 0.0738 e. The number of benzene rings is 1. The zero-order chi connectivity index (χ0) is 9.31. The third-order valence-corrected chi connectivity index (χ3v) is 3.69. The number of fused-ring (bicyclic) bond motifs is 1. The van der Waals surface area contributed by atoms with Crippen LogP contribution in [0.1, 0.15) is 11.1 Å². The van der Waals surface area contributed by atoms with Crippen LogP contribution in [0.2, 0.25) is 0 Å². The van der Waals surface area contributed by atoms with Crippen molar-refractivity contribution >= 4 is 24.2 Å². The molecule has 2 rings (SSSR count). The molecule has 1 aliphatic heterocycles. The van der Waals surface area contributed by atoms with Crippen LogP contribution in [0.4, 0.5) is 0 Å². The lowest BCUT2D eigenvalue weighted by molar-refractivity contribution is 0.211. The molecule has 0 bridgehead atoms. The van der Waals surface area contributed by atoms with Gasteiger partial charge in [-0.3, -0.25) is 0 Å². The van der Waals surface area contributed by atoms with E-state index in [2.05, 4.69) is 6.07 Å². The average molecular weight is 232 g/mol. The molecule has 0 radical (unpaired) electrons. The summed E-state index contributed by atoms with van der Waals surface area (Å²) >= 11 is 1.78. The fraction of sp³-hybridized carbons (Fsp3) is 0.400. The zero-order valence-corrected chi connectivity index (χ0v) is 9.40. The predicted octanol–water partition coefficient (Wildman–Crippen LogP) is 1.50. The van der Waals surface area contributed by atoms with E-state index in [0.717, 1.165) is 17.1 Å². The van der Waals surface area contributed by atoms with Crippen LogP contribution in [0.3, 0.4) is 0 Å². The summed E-state index contributed by atoms with van der Waals surface area (Å²) < 4.78 is 0. The van der Waals surface area contributed by atoms with Gasteiger partial charge in [0.05, 0.1) is 12.1 Å². The lowest BCUT2D eigenvalue weighted by atomic mass is 9.90. The molecule has 1 heterocycles. The van der Waals surface area contributed by atoms with Crippen molar-refractivity contribution < 1.29 is 5.11 Å². The summed E-state index contributed by atoms with van der Waals surface area (Å²) in [5.41, 5.74) is 7.94. The van der Waals surface area contributed by atoms with Gasteiger partial charge in [-0.05, 0) is 11.1 Å². The molecule has 0 amide bonds. The number of nitrogens with two attached hydrogens (primary N) is 1. The summed E-state index contributed by atoms with van der Waals surface area (Å²) in [5.74, 6) is 1.82. The van der Waals surface area contributed by atoms with E-state index < -0.39 is 5.54 Å². The van der Waals surface area contributed by atoms with Gasteiger partial charge in [-0.1, -0.05) is 24.3 Å². The van der Waals surface area contributed by atoms with Gasteiger partial charge in [-0.25, -0.2) is 0 Å². The number of rotatable bonds is 1. The number of thioether (sulfide) groups is 1. The molecule has 1 aliphatic rings. The van der Waals surface area contributed by atoms with Gasteiger partial charge < -0.3 is 10.8 Å². The Hall–Kier alpha value is -0.220. The molecular weight excluding hydrogens is 218 g/mol. The first-order valence-electron chi connectivity index (χ1n) is 4.32. The highest BCUT2D eigenvalue weighted by atomic mass is 35.5. The molecule has 0 saturated heterocycles. The van der Waals surface area contributed by atoms with Gasteiger partial charge in [0.2, 0.25) is 0 Å². The maximum absolute atomic E-state index is 9.26. The third kappa shape index (κ3) is 1.91. The highest BCUT2D eigenvalue weighted by molar-refractivity contribution is 7.98. The van der Waals surface area contributed by atoms with Crippen molar-refractivity contribution in [3.8, 4) is 0 Å². The predicted molar refractivity (Wildman–Crippen MR) is 62.8 cm³/mol. The molecule has 4 heteroatoms. The molecule has 0 aromatic heterocycles. The standard InChI is InChI=1S/C10H13NOS.ClH/c11-10(6-12)7-13-5-8-3-1-2-4-9(8)10;/h1-4,12H,5-7,11H2;1H. The van der Waals surface area contributed by atoms with Crippen LogP contribution in [0, 0.1) is 0 Å². The Kier molecular flexibility index (Phi) is 3.84. The van der Waals surface area contributed by atoms with Crippen molar-refractivity contribution in [2.75, 3.05) is 12.4 Å². The Morgan fingerprint density at radius 1 is 1.43 bits per heavy atom. The fourth-order valence-electron chi connectivity index (χ4n) is 1.68. The number of halogens is 1.